The summed E-state index contributed by atoms with van der Waals surface area (Å²) in [6.45, 7) is 1.35. The third kappa shape index (κ3) is 4.27. The smallest absolute Gasteiger partial charge is 0.480 e. The van der Waals surface area contributed by atoms with Crippen molar-refractivity contribution < 1.29 is 34.4 Å². The first-order valence-electron chi connectivity index (χ1n) is 10.9. The molecule has 5 rings (SSSR count). The van der Waals surface area contributed by atoms with Crippen molar-refractivity contribution in [3.05, 3.63) is 75.8 Å². The fraction of sp³-hybridized carbons (Fsp3) is 0.280. The summed E-state index contributed by atoms with van der Waals surface area (Å²) in [4.78, 5) is 41.0. The number of ketones is 1. The second kappa shape index (κ2) is 8.00. The van der Waals surface area contributed by atoms with Crippen LogP contribution < -0.4 is 15.0 Å². The minimum Gasteiger partial charge on any atom is -0.480 e. The predicted molar refractivity (Wildman–Crippen MR) is 121 cm³/mol. The van der Waals surface area contributed by atoms with Gasteiger partial charge in [-0.3, -0.25) is 19.4 Å². The number of rotatable bonds is 7. The fourth-order valence-corrected chi connectivity index (χ4v) is 4.33. The number of fused-ring (bicyclic) bond motifs is 1. The minimum atomic E-state index is -3.73. The van der Waals surface area contributed by atoms with Crippen LogP contribution in [0.15, 0.2) is 53.5 Å². The number of nitrogens with zero attached hydrogens (tertiary/aromatic N) is 2. The van der Waals surface area contributed by atoms with E-state index in [0.29, 0.717) is 35.4 Å². The summed E-state index contributed by atoms with van der Waals surface area (Å²) >= 11 is 0. The maximum absolute atomic E-state index is 13.4. The molecule has 35 heavy (non-hydrogen) atoms. The zero-order valence-corrected chi connectivity index (χ0v) is 18.6. The van der Waals surface area contributed by atoms with Crippen LogP contribution in [0.4, 0.5) is 8.78 Å². The number of alkyl halides is 2. The number of aliphatic carboxylic acids is 1. The van der Waals surface area contributed by atoms with Crippen molar-refractivity contribution in [1.29, 1.82) is 0 Å². The van der Waals surface area contributed by atoms with Gasteiger partial charge in [-0.15, -0.1) is 8.78 Å². The number of aromatic nitrogens is 2. The number of benzene rings is 1. The molecule has 1 fully saturated rings. The Bertz CT molecular complexity index is 1430. The molecular weight excluding hydrogens is 462 g/mol. The van der Waals surface area contributed by atoms with Gasteiger partial charge in [0.15, 0.2) is 11.5 Å². The van der Waals surface area contributed by atoms with Crippen molar-refractivity contribution in [3.8, 4) is 22.8 Å². The molecule has 0 unspecified atom stereocenters. The van der Waals surface area contributed by atoms with Crippen LogP contribution in [0.5, 0.6) is 11.5 Å². The average Bonchev–Trinajstić information content (AvgIpc) is 3.53. The first-order chi connectivity index (χ1) is 16.6. The van der Waals surface area contributed by atoms with E-state index in [2.05, 4.69) is 14.5 Å². The number of carboxylic acids is 1. The van der Waals surface area contributed by atoms with Gasteiger partial charge < -0.3 is 19.1 Å². The van der Waals surface area contributed by atoms with Gasteiger partial charge in [-0.2, -0.15) is 0 Å². The molecule has 1 saturated carbocycles. The quantitative estimate of drug-likeness (QED) is 0.545. The molecule has 1 aliphatic heterocycles. The summed E-state index contributed by atoms with van der Waals surface area (Å²) in [5.41, 5.74) is 1.73. The Hall–Kier alpha value is -4.08. The van der Waals surface area contributed by atoms with Crippen LogP contribution in [0.2, 0.25) is 0 Å². The zero-order valence-electron chi connectivity index (χ0n) is 18.6. The van der Waals surface area contributed by atoms with Gasteiger partial charge >= 0.3 is 12.3 Å². The van der Waals surface area contributed by atoms with E-state index in [4.69, 9.17) is 5.11 Å². The number of carboxylic acid groups (broad SMARTS) is 1. The Kier molecular flexibility index (Phi) is 5.19. The number of carbonyl (C=O) groups excluding carboxylic acids is 1. The molecule has 3 aromatic rings. The Morgan fingerprint density at radius 1 is 1.11 bits per heavy atom. The summed E-state index contributed by atoms with van der Waals surface area (Å²) in [6, 6.07) is 10.8. The molecule has 0 radical (unpaired) electrons. The first kappa shape index (κ1) is 22.7. The van der Waals surface area contributed by atoms with Crippen molar-refractivity contribution in [1.82, 2.24) is 9.55 Å². The fourth-order valence-electron chi connectivity index (χ4n) is 4.33. The van der Waals surface area contributed by atoms with Crippen LogP contribution in [0, 0.1) is 6.92 Å². The minimum absolute atomic E-state index is 0. The van der Waals surface area contributed by atoms with Crippen LogP contribution in [0.25, 0.3) is 11.3 Å². The normalized spacial score (nSPS) is 16.7. The van der Waals surface area contributed by atoms with E-state index in [1.807, 2.05) is 6.92 Å². The SMILES string of the molecule is Cc1ccc(CC(=O)C2(c3ccc4c(c3)OC(F)(F)O4)CC2)nc1-c1ccc(=O)n(CC(=O)O)c1.[HH]. The largest absolute Gasteiger partial charge is 0.586 e. The van der Waals surface area contributed by atoms with Crippen LogP contribution in [0.1, 0.15) is 31.1 Å². The molecular formula is C25H22F2N2O6. The summed E-state index contributed by atoms with van der Waals surface area (Å²) in [7, 11) is 0. The molecule has 182 valence electrons. The highest BCUT2D eigenvalue weighted by atomic mass is 19.3. The number of hydrogen-bond acceptors (Lipinski definition) is 6. The van der Waals surface area contributed by atoms with Gasteiger partial charge in [0.1, 0.15) is 12.3 Å². The van der Waals surface area contributed by atoms with Crippen molar-refractivity contribution in [2.45, 2.75) is 44.4 Å². The molecule has 1 aliphatic carbocycles. The second-order valence-electron chi connectivity index (χ2n) is 8.76. The van der Waals surface area contributed by atoms with E-state index in [1.165, 1.54) is 24.4 Å². The molecule has 0 saturated heterocycles. The first-order valence-corrected chi connectivity index (χ1v) is 10.9. The number of carbonyl (C=O) groups is 2. The van der Waals surface area contributed by atoms with Gasteiger partial charge in [-0.05, 0) is 55.2 Å². The summed E-state index contributed by atoms with van der Waals surface area (Å²) in [5, 5.41) is 9.04. The van der Waals surface area contributed by atoms with Gasteiger partial charge in [0.25, 0.3) is 5.56 Å². The van der Waals surface area contributed by atoms with E-state index in [1.54, 1.807) is 24.3 Å². The highest BCUT2D eigenvalue weighted by molar-refractivity contribution is 5.94. The molecule has 1 N–H and O–H groups in total. The maximum atomic E-state index is 13.4. The van der Waals surface area contributed by atoms with Gasteiger partial charge in [0, 0.05) is 31.4 Å². The average molecular weight is 484 g/mol. The Morgan fingerprint density at radius 2 is 1.86 bits per heavy atom. The van der Waals surface area contributed by atoms with Gasteiger partial charge in [-0.25, -0.2) is 0 Å². The number of pyridine rings is 2. The molecule has 0 amide bonds. The van der Waals surface area contributed by atoms with E-state index in [-0.39, 0.29) is 25.1 Å². The van der Waals surface area contributed by atoms with E-state index >= 15 is 0 Å². The van der Waals surface area contributed by atoms with Gasteiger partial charge in [0.05, 0.1) is 11.1 Å². The van der Waals surface area contributed by atoms with E-state index in [0.717, 1.165) is 10.1 Å². The van der Waals surface area contributed by atoms with E-state index in [9.17, 15) is 23.2 Å². The lowest BCUT2D eigenvalue weighted by molar-refractivity contribution is -0.286. The van der Waals surface area contributed by atoms with Crippen LogP contribution in [0.3, 0.4) is 0 Å². The van der Waals surface area contributed by atoms with Crippen molar-refractivity contribution in [3.63, 3.8) is 0 Å². The molecule has 0 spiro atoms. The van der Waals surface area contributed by atoms with E-state index < -0.39 is 29.8 Å². The number of aryl methyl sites for hydroxylation is 1. The van der Waals surface area contributed by atoms with Crippen LogP contribution in [-0.4, -0.2) is 32.7 Å². The van der Waals surface area contributed by atoms with Crippen LogP contribution in [-0.2, 0) is 28.0 Å². The monoisotopic (exact) mass is 484 g/mol. The second-order valence-corrected chi connectivity index (χ2v) is 8.76. The lowest BCUT2D eigenvalue weighted by atomic mass is 9.88. The zero-order chi connectivity index (χ0) is 25.0. The molecule has 0 bridgehead atoms. The summed E-state index contributed by atoms with van der Waals surface area (Å²) in [6.07, 6.45) is -1.10. The van der Waals surface area contributed by atoms with Gasteiger partial charge in [0.2, 0.25) is 0 Å². The summed E-state index contributed by atoms with van der Waals surface area (Å²) < 4.78 is 36.8. The molecule has 1 aromatic carbocycles. The number of Topliss-reactive ketones (excluding diaryl/α,β-unsaturated/α-hetero) is 1. The molecule has 8 nitrogen and oxygen atoms in total. The number of hydrogen-bond donors (Lipinski definition) is 1. The number of ether oxygens (including phenoxy) is 2. The predicted octanol–water partition coefficient (Wildman–Crippen LogP) is 3.71. The molecule has 0 atom stereocenters. The lowest BCUT2D eigenvalue weighted by Gasteiger charge is -2.16. The van der Waals surface area contributed by atoms with Crippen molar-refractivity contribution >= 4 is 11.8 Å². The standard InChI is InChI=1S/C25H20F2N2O6.H2/c1-14-2-5-17(28-23(14)15-3-7-21(31)29(12-15)13-22(32)33)11-20(30)24(8-9-24)16-4-6-18-19(10-16)35-25(26,27)34-18;/h2-7,10,12H,8-9,11,13H2,1H3,(H,32,33);1H. The Labute approximate surface area is 199 Å². The highest BCUT2D eigenvalue weighted by Crippen LogP contribution is 2.52. The van der Waals surface area contributed by atoms with Gasteiger partial charge in [-0.1, -0.05) is 12.1 Å². The Balaban J connectivity index is 0.00000304. The topological polar surface area (TPSA) is 108 Å². The highest BCUT2D eigenvalue weighted by Gasteiger charge is 2.52. The molecule has 2 aromatic heterocycles. The molecule has 2 aliphatic rings. The lowest BCUT2D eigenvalue weighted by Crippen LogP contribution is -2.26. The third-order valence-electron chi connectivity index (χ3n) is 6.30. The number of halogens is 2. The molecule has 3 heterocycles. The summed E-state index contributed by atoms with van der Waals surface area (Å²) in [5.74, 6) is -1.41. The molecule has 10 heteroatoms. The van der Waals surface area contributed by atoms with Crippen molar-refractivity contribution in [2.24, 2.45) is 0 Å². The Morgan fingerprint density at radius 3 is 2.57 bits per heavy atom. The third-order valence-corrected chi connectivity index (χ3v) is 6.30. The van der Waals surface area contributed by atoms with Crippen molar-refractivity contribution in [2.75, 3.05) is 0 Å². The maximum Gasteiger partial charge on any atom is 0.586 e. The van der Waals surface area contributed by atoms with Crippen LogP contribution >= 0.6 is 0 Å².